The summed E-state index contributed by atoms with van der Waals surface area (Å²) in [6.07, 6.45) is 5.22. The van der Waals surface area contributed by atoms with Crippen LogP contribution in [0.4, 0.5) is 4.79 Å². The van der Waals surface area contributed by atoms with Crippen LogP contribution in [-0.4, -0.2) is 53.1 Å². The van der Waals surface area contributed by atoms with E-state index in [1.807, 2.05) is 11.8 Å². The highest BCUT2D eigenvalue weighted by molar-refractivity contribution is 7.99. The SMILES string of the molecule is CCCCC(=O)NCCCCCC(=O)O.O=C1NC2CSCC2N1. The molecule has 2 atom stereocenters. The number of unbranched alkanes of at least 4 members (excludes halogenated alkanes) is 3. The first kappa shape index (κ1) is 20.6. The number of carboxylic acids is 1. The molecule has 2 aliphatic heterocycles. The fourth-order valence-corrected chi connectivity index (χ4v) is 3.72. The van der Waals surface area contributed by atoms with E-state index in [-0.39, 0.29) is 18.4 Å². The summed E-state index contributed by atoms with van der Waals surface area (Å²) in [5, 5.41) is 16.9. The number of rotatable bonds is 9. The number of hydrogen-bond donors (Lipinski definition) is 4. The molecule has 0 aliphatic carbocycles. The van der Waals surface area contributed by atoms with Crippen LogP contribution in [-0.2, 0) is 9.59 Å². The molecule has 138 valence electrons. The van der Waals surface area contributed by atoms with E-state index in [2.05, 4.69) is 22.9 Å². The summed E-state index contributed by atoms with van der Waals surface area (Å²) in [5.74, 6) is 1.50. The number of carbonyl (C=O) groups is 3. The molecule has 2 fully saturated rings. The van der Waals surface area contributed by atoms with E-state index >= 15 is 0 Å². The molecular formula is C16H29N3O4S. The van der Waals surface area contributed by atoms with Crippen LogP contribution in [0.25, 0.3) is 0 Å². The summed E-state index contributed by atoms with van der Waals surface area (Å²) in [4.78, 5) is 32.0. The smallest absolute Gasteiger partial charge is 0.315 e. The van der Waals surface area contributed by atoms with Gasteiger partial charge in [-0.05, 0) is 19.3 Å². The van der Waals surface area contributed by atoms with Crippen LogP contribution in [0.2, 0.25) is 0 Å². The normalized spacial score (nSPS) is 21.1. The Morgan fingerprint density at radius 1 is 1.12 bits per heavy atom. The summed E-state index contributed by atoms with van der Waals surface area (Å²) in [5.41, 5.74) is 0. The Morgan fingerprint density at radius 3 is 2.38 bits per heavy atom. The summed E-state index contributed by atoms with van der Waals surface area (Å²) in [7, 11) is 0. The number of fused-ring (bicyclic) bond motifs is 1. The highest BCUT2D eigenvalue weighted by atomic mass is 32.2. The zero-order valence-electron chi connectivity index (χ0n) is 14.3. The zero-order valence-corrected chi connectivity index (χ0v) is 15.1. The van der Waals surface area contributed by atoms with Gasteiger partial charge in [0, 0.05) is 30.9 Å². The monoisotopic (exact) mass is 359 g/mol. The van der Waals surface area contributed by atoms with Crippen molar-refractivity contribution >= 4 is 29.7 Å². The van der Waals surface area contributed by atoms with E-state index in [1.165, 1.54) is 0 Å². The Kier molecular flexibility index (Phi) is 10.3. The lowest BCUT2D eigenvalue weighted by Crippen LogP contribution is -2.31. The molecule has 0 bridgehead atoms. The van der Waals surface area contributed by atoms with Crippen molar-refractivity contribution < 1.29 is 19.5 Å². The lowest BCUT2D eigenvalue weighted by molar-refractivity contribution is -0.137. The molecule has 2 rings (SSSR count). The van der Waals surface area contributed by atoms with Crippen molar-refractivity contribution in [3.8, 4) is 0 Å². The van der Waals surface area contributed by atoms with Gasteiger partial charge in [0.2, 0.25) is 5.91 Å². The van der Waals surface area contributed by atoms with Gasteiger partial charge in [-0.2, -0.15) is 11.8 Å². The van der Waals surface area contributed by atoms with Crippen molar-refractivity contribution in [1.29, 1.82) is 0 Å². The molecule has 0 aromatic rings. The van der Waals surface area contributed by atoms with Crippen LogP contribution in [0, 0.1) is 0 Å². The molecule has 0 saturated carbocycles. The number of nitrogens with one attached hydrogen (secondary N) is 3. The summed E-state index contributed by atoms with van der Waals surface area (Å²) in [6.45, 7) is 2.72. The second-order valence-electron chi connectivity index (χ2n) is 6.03. The van der Waals surface area contributed by atoms with Gasteiger partial charge in [0.1, 0.15) is 0 Å². The third-order valence-electron chi connectivity index (χ3n) is 3.86. The molecular weight excluding hydrogens is 330 g/mol. The molecule has 4 N–H and O–H groups in total. The third kappa shape index (κ3) is 9.00. The minimum atomic E-state index is -0.748. The van der Waals surface area contributed by atoms with Gasteiger partial charge in [0.15, 0.2) is 0 Å². The van der Waals surface area contributed by atoms with Crippen molar-refractivity contribution in [3.05, 3.63) is 0 Å². The van der Waals surface area contributed by atoms with Crippen LogP contribution in [0.1, 0.15) is 51.9 Å². The number of urea groups is 1. The fraction of sp³-hybridized carbons (Fsp3) is 0.812. The predicted molar refractivity (Wildman–Crippen MR) is 95.2 cm³/mol. The van der Waals surface area contributed by atoms with Gasteiger partial charge < -0.3 is 21.1 Å². The molecule has 0 radical (unpaired) electrons. The Morgan fingerprint density at radius 2 is 1.79 bits per heavy atom. The Bertz CT molecular complexity index is 406. The van der Waals surface area contributed by atoms with Crippen molar-refractivity contribution in [2.75, 3.05) is 18.1 Å². The van der Waals surface area contributed by atoms with E-state index in [0.717, 1.165) is 37.2 Å². The van der Waals surface area contributed by atoms with Gasteiger partial charge in [0.05, 0.1) is 12.1 Å². The highest BCUT2D eigenvalue weighted by Gasteiger charge is 2.35. The van der Waals surface area contributed by atoms with Crippen molar-refractivity contribution in [3.63, 3.8) is 0 Å². The van der Waals surface area contributed by atoms with Gasteiger partial charge >= 0.3 is 12.0 Å². The molecule has 0 aromatic heterocycles. The van der Waals surface area contributed by atoms with E-state index < -0.39 is 5.97 Å². The minimum Gasteiger partial charge on any atom is -0.481 e. The summed E-state index contributed by atoms with van der Waals surface area (Å²) >= 11 is 1.89. The predicted octanol–water partition coefficient (Wildman–Crippen LogP) is 1.72. The Balaban J connectivity index is 0.000000267. The molecule has 24 heavy (non-hydrogen) atoms. The molecule has 2 heterocycles. The number of thioether (sulfide) groups is 1. The lowest BCUT2D eigenvalue weighted by atomic mass is 10.2. The van der Waals surface area contributed by atoms with Gasteiger partial charge in [-0.1, -0.05) is 19.8 Å². The fourth-order valence-electron chi connectivity index (χ4n) is 2.45. The second kappa shape index (κ2) is 12.0. The average molecular weight is 359 g/mol. The van der Waals surface area contributed by atoms with Crippen molar-refractivity contribution in [1.82, 2.24) is 16.0 Å². The molecule has 2 unspecified atom stereocenters. The quantitative estimate of drug-likeness (QED) is 0.370. The van der Waals surface area contributed by atoms with Gasteiger partial charge in [-0.3, -0.25) is 9.59 Å². The minimum absolute atomic E-state index is 0.00491. The van der Waals surface area contributed by atoms with Crippen molar-refractivity contribution in [2.24, 2.45) is 0 Å². The summed E-state index contributed by atoms with van der Waals surface area (Å²) < 4.78 is 0. The van der Waals surface area contributed by atoms with E-state index in [4.69, 9.17) is 5.11 Å². The summed E-state index contributed by atoms with van der Waals surface area (Å²) in [6, 6.07) is 0.815. The van der Waals surface area contributed by atoms with Crippen LogP contribution in [0.15, 0.2) is 0 Å². The molecule has 7 nitrogen and oxygen atoms in total. The van der Waals surface area contributed by atoms with Crippen LogP contribution >= 0.6 is 11.8 Å². The molecule has 2 saturated heterocycles. The average Bonchev–Trinajstić information content (AvgIpc) is 3.09. The molecule has 0 spiro atoms. The molecule has 3 amide bonds. The van der Waals surface area contributed by atoms with Crippen LogP contribution in [0.5, 0.6) is 0 Å². The maximum Gasteiger partial charge on any atom is 0.315 e. The van der Waals surface area contributed by atoms with E-state index in [1.54, 1.807) is 0 Å². The Hall–Kier alpha value is -1.44. The van der Waals surface area contributed by atoms with Gasteiger partial charge in [-0.25, -0.2) is 4.79 Å². The largest absolute Gasteiger partial charge is 0.481 e. The number of carboxylic acid groups (broad SMARTS) is 1. The highest BCUT2D eigenvalue weighted by Crippen LogP contribution is 2.20. The topological polar surface area (TPSA) is 108 Å². The molecule has 8 heteroatoms. The standard InChI is InChI=1S/C11H21NO3.C5H8N2OS/c1-2-3-7-10(13)12-9-6-4-5-8-11(14)15;8-5-6-3-1-9-2-4(3)7-5/h2-9H2,1H3,(H,12,13)(H,14,15);3-4H,1-2H2,(H2,6,7,8). The maximum absolute atomic E-state index is 11.1. The number of amides is 3. The van der Waals surface area contributed by atoms with E-state index in [9.17, 15) is 14.4 Å². The van der Waals surface area contributed by atoms with Crippen LogP contribution in [0.3, 0.4) is 0 Å². The number of hydrogen-bond acceptors (Lipinski definition) is 4. The van der Waals surface area contributed by atoms with Crippen molar-refractivity contribution in [2.45, 2.75) is 64.0 Å². The maximum atomic E-state index is 11.1. The van der Waals surface area contributed by atoms with E-state index in [0.29, 0.717) is 31.5 Å². The first-order valence-electron chi connectivity index (χ1n) is 8.66. The lowest BCUT2D eigenvalue weighted by Gasteiger charge is -2.03. The number of aliphatic carboxylic acids is 1. The third-order valence-corrected chi connectivity index (χ3v) is 5.05. The van der Waals surface area contributed by atoms with Crippen LogP contribution < -0.4 is 16.0 Å². The molecule has 2 aliphatic rings. The number of carbonyl (C=O) groups excluding carboxylic acids is 2. The van der Waals surface area contributed by atoms with Gasteiger partial charge in [0.25, 0.3) is 0 Å². The molecule has 0 aromatic carbocycles. The Labute approximate surface area is 147 Å². The van der Waals surface area contributed by atoms with Gasteiger partial charge in [-0.15, -0.1) is 0 Å². The second-order valence-corrected chi connectivity index (χ2v) is 7.10. The first-order chi connectivity index (χ1) is 11.5. The first-order valence-corrected chi connectivity index (χ1v) is 9.81. The zero-order chi connectivity index (χ0) is 17.8.